The Kier molecular flexibility index (Phi) is 4.19. The number of hydrogen-bond donors (Lipinski definition) is 0. The number of halogens is 2. The second-order valence-corrected chi connectivity index (χ2v) is 5.96. The minimum Gasteiger partial charge on any atom is -0.494 e. The van der Waals surface area contributed by atoms with Gasteiger partial charge in [0.1, 0.15) is 11.4 Å². The van der Waals surface area contributed by atoms with E-state index < -0.39 is 0 Å². The molecule has 1 aromatic carbocycles. The quantitative estimate of drug-likeness (QED) is 0.563. The van der Waals surface area contributed by atoms with Crippen LogP contribution in [0.15, 0.2) is 26.8 Å². The topological polar surface area (TPSA) is 49.9 Å². The monoisotopic (exact) mass is 402 g/mol. The van der Waals surface area contributed by atoms with Crippen molar-refractivity contribution < 1.29 is 14.3 Å². The molecule has 0 N–H and O–H groups in total. The van der Waals surface area contributed by atoms with Crippen LogP contribution in [0.5, 0.6) is 5.75 Å². The van der Waals surface area contributed by atoms with Crippen molar-refractivity contribution >= 4 is 49.9 Å². The van der Waals surface area contributed by atoms with Crippen molar-refractivity contribution in [3.05, 3.63) is 32.3 Å². The maximum Gasteiger partial charge on any atom is 0.331 e. The molecule has 7 heteroatoms. The lowest BCUT2D eigenvalue weighted by Crippen LogP contribution is -2.27. The standard InChI is InChI=1S/C13H12Br2N2O3/c1-16-10(12(18)17(2)13(16)19)6-7-4-8(14)11(20-3)9(15)5-7/h4-6H,1-3H3/b10-6+. The first-order chi connectivity index (χ1) is 9.36. The number of benzene rings is 1. The highest BCUT2D eigenvalue weighted by molar-refractivity contribution is 9.11. The Morgan fingerprint density at radius 2 is 1.65 bits per heavy atom. The molecule has 0 aromatic heterocycles. The fourth-order valence-electron chi connectivity index (χ4n) is 1.90. The maximum atomic E-state index is 12.0. The van der Waals surface area contributed by atoms with Crippen LogP contribution in [0.4, 0.5) is 4.79 Å². The van der Waals surface area contributed by atoms with E-state index in [-0.39, 0.29) is 11.9 Å². The predicted molar refractivity (Wildman–Crippen MR) is 82.3 cm³/mol. The molecular weight excluding hydrogens is 392 g/mol. The molecule has 0 aliphatic carbocycles. The van der Waals surface area contributed by atoms with E-state index in [1.807, 2.05) is 12.1 Å². The highest BCUT2D eigenvalue weighted by Gasteiger charge is 2.35. The number of urea groups is 1. The van der Waals surface area contributed by atoms with Gasteiger partial charge in [0.25, 0.3) is 5.91 Å². The van der Waals surface area contributed by atoms with Gasteiger partial charge in [-0.05, 0) is 55.6 Å². The van der Waals surface area contributed by atoms with Crippen LogP contribution in [0.1, 0.15) is 5.56 Å². The van der Waals surface area contributed by atoms with Crippen LogP contribution in [0.3, 0.4) is 0 Å². The van der Waals surface area contributed by atoms with Crippen LogP contribution >= 0.6 is 31.9 Å². The fraction of sp³-hybridized carbons (Fsp3) is 0.231. The van der Waals surface area contributed by atoms with Gasteiger partial charge < -0.3 is 4.74 Å². The van der Waals surface area contributed by atoms with Gasteiger partial charge in [-0.3, -0.25) is 14.6 Å². The normalized spacial score (nSPS) is 17.4. The van der Waals surface area contributed by atoms with E-state index in [0.717, 1.165) is 19.4 Å². The summed E-state index contributed by atoms with van der Waals surface area (Å²) in [4.78, 5) is 26.1. The Balaban J connectivity index is 2.46. The lowest BCUT2D eigenvalue weighted by molar-refractivity contribution is -0.122. The van der Waals surface area contributed by atoms with Gasteiger partial charge in [0.05, 0.1) is 16.1 Å². The Morgan fingerprint density at radius 3 is 2.05 bits per heavy atom. The lowest BCUT2D eigenvalue weighted by atomic mass is 10.2. The van der Waals surface area contributed by atoms with E-state index >= 15 is 0 Å². The molecule has 1 saturated heterocycles. The third-order valence-corrected chi connectivity index (χ3v) is 4.17. The summed E-state index contributed by atoms with van der Waals surface area (Å²) >= 11 is 6.80. The molecule has 0 spiro atoms. The van der Waals surface area contributed by atoms with Crippen molar-refractivity contribution in [3.63, 3.8) is 0 Å². The van der Waals surface area contributed by atoms with Crippen LogP contribution < -0.4 is 4.74 Å². The first-order valence-corrected chi connectivity index (χ1v) is 7.26. The average molecular weight is 404 g/mol. The van der Waals surface area contributed by atoms with E-state index in [1.54, 1.807) is 20.2 Å². The highest BCUT2D eigenvalue weighted by Crippen LogP contribution is 2.35. The molecule has 20 heavy (non-hydrogen) atoms. The van der Waals surface area contributed by atoms with Gasteiger partial charge in [0, 0.05) is 14.1 Å². The van der Waals surface area contributed by atoms with Gasteiger partial charge in [-0.25, -0.2) is 4.79 Å². The molecule has 1 aliphatic heterocycles. The third-order valence-electron chi connectivity index (χ3n) is 2.99. The molecule has 0 atom stereocenters. The van der Waals surface area contributed by atoms with Crippen LogP contribution in [0.2, 0.25) is 0 Å². The largest absolute Gasteiger partial charge is 0.494 e. The van der Waals surface area contributed by atoms with Crippen LogP contribution in [-0.2, 0) is 4.79 Å². The zero-order chi connectivity index (χ0) is 15.0. The Morgan fingerprint density at radius 1 is 1.10 bits per heavy atom. The zero-order valence-electron chi connectivity index (χ0n) is 11.1. The second kappa shape index (κ2) is 5.57. The van der Waals surface area contributed by atoms with Crippen molar-refractivity contribution in [2.24, 2.45) is 0 Å². The van der Waals surface area contributed by atoms with Crippen molar-refractivity contribution in [1.82, 2.24) is 9.80 Å². The molecule has 1 fully saturated rings. The summed E-state index contributed by atoms with van der Waals surface area (Å²) < 4.78 is 6.74. The fourth-order valence-corrected chi connectivity index (χ4v) is 3.45. The van der Waals surface area contributed by atoms with Gasteiger partial charge in [0.15, 0.2) is 0 Å². The van der Waals surface area contributed by atoms with Crippen molar-refractivity contribution in [1.29, 1.82) is 0 Å². The maximum absolute atomic E-state index is 12.0. The van der Waals surface area contributed by atoms with E-state index in [2.05, 4.69) is 31.9 Å². The summed E-state index contributed by atoms with van der Waals surface area (Å²) in [7, 11) is 4.61. The first-order valence-electron chi connectivity index (χ1n) is 5.67. The first kappa shape index (κ1) is 15.1. The van der Waals surface area contributed by atoms with Gasteiger partial charge in [0.2, 0.25) is 0 Å². The number of rotatable bonds is 2. The predicted octanol–water partition coefficient (Wildman–Crippen LogP) is 3.08. The van der Waals surface area contributed by atoms with Gasteiger partial charge in [-0.1, -0.05) is 0 Å². The van der Waals surface area contributed by atoms with Gasteiger partial charge in [-0.15, -0.1) is 0 Å². The van der Waals surface area contributed by atoms with Crippen LogP contribution in [-0.4, -0.2) is 42.9 Å². The number of likely N-dealkylation sites (N-methyl/N-ethyl adjacent to an activating group) is 2. The number of carbonyl (C=O) groups is 2. The molecule has 0 bridgehead atoms. The molecule has 0 radical (unpaired) electrons. The molecule has 2 rings (SSSR count). The summed E-state index contributed by atoms with van der Waals surface area (Å²) in [6.45, 7) is 0. The number of methoxy groups -OCH3 is 1. The van der Waals surface area contributed by atoms with Crippen LogP contribution in [0, 0.1) is 0 Å². The summed E-state index contributed by atoms with van der Waals surface area (Å²) in [5, 5.41) is 0. The average Bonchev–Trinajstić information content (AvgIpc) is 2.56. The molecule has 1 aliphatic rings. The molecule has 0 unspecified atom stereocenters. The molecule has 3 amide bonds. The number of hydrogen-bond acceptors (Lipinski definition) is 3. The van der Waals surface area contributed by atoms with E-state index in [9.17, 15) is 9.59 Å². The van der Waals surface area contributed by atoms with E-state index in [4.69, 9.17) is 4.74 Å². The van der Waals surface area contributed by atoms with Gasteiger partial charge >= 0.3 is 6.03 Å². The van der Waals surface area contributed by atoms with Crippen LogP contribution in [0.25, 0.3) is 6.08 Å². The van der Waals surface area contributed by atoms with Gasteiger partial charge in [-0.2, -0.15) is 0 Å². The minimum absolute atomic E-state index is 0.319. The Hall–Kier alpha value is -1.34. The van der Waals surface area contributed by atoms with E-state index in [0.29, 0.717) is 11.4 Å². The molecule has 1 heterocycles. The number of ether oxygens (including phenoxy) is 1. The Bertz CT molecular complexity index is 605. The molecule has 0 saturated carbocycles. The van der Waals surface area contributed by atoms with Crippen molar-refractivity contribution in [3.8, 4) is 5.75 Å². The summed E-state index contributed by atoms with van der Waals surface area (Å²) in [5.41, 5.74) is 1.12. The summed E-state index contributed by atoms with van der Waals surface area (Å²) in [5.74, 6) is 0.354. The SMILES string of the molecule is COc1c(Br)cc(/C=C2\C(=O)N(C)C(=O)N2C)cc1Br. The number of carbonyl (C=O) groups excluding carboxylic acids is 2. The highest BCUT2D eigenvalue weighted by atomic mass is 79.9. The third kappa shape index (κ3) is 2.47. The molecular formula is C13H12Br2N2O3. The number of amides is 3. The van der Waals surface area contributed by atoms with E-state index in [1.165, 1.54) is 11.9 Å². The Labute approximate surface area is 133 Å². The number of imide groups is 1. The minimum atomic E-state index is -0.340. The second-order valence-electron chi connectivity index (χ2n) is 4.25. The molecule has 1 aromatic rings. The molecule has 106 valence electrons. The lowest BCUT2D eigenvalue weighted by Gasteiger charge is -2.09. The summed E-state index contributed by atoms with van der Waals surface area (Å²) in [6, 6.07) is 3.30. The zero-order valence-corrected chi connectivity index (χ0v) is 14.3. The van der Waals surface area contributed by atoms with Crippen molar-refractivity contribution in [2.45, 2.75) is 0 Å². The summed E-state index contributed by atoms with van der Waals surface area (Å²) in [6.07, 6.45) is 1.67. The smallest absolute Gasteiger partial charge is 0.331 e. The molecule has 5 nitrogen and oxygen atoms in total. The number of nitrogens with zero attached hydrogens (tertiary/aromatic N) is 2. The van der Waals surface area contributed by atoms with Crippen molar-refractivity contribution in [2.75, 3.05) is 21.2 Å².